The van der Waals surface area contributed by atoms with Gasteiger partial charge in [0.05, 0.1) is 29.3 Å². The number of β-amino-alcohol motifs (C(OH)–C–C–N with tert-alkyl or cyclic N) is 1. The lowest BCUT2D eigenvalue weighted by Crippen LogP contribution is -2.31. The van der Waals surface area contributed by atoms with Crippen LogP contribution in [0.3, 0.4) is 0 Å². The molecule has 4 aromatic rings. The fourth-order valence-electron chi connectivity index (χ4n) is 4.10. The number of rotatable bonds is 4. The van der Waals surface area contributed by atoms with Crippen molar-refractivity contribution in [2.75, 3.05) is 23.7 Å². The van der Waals surface area contributed by atoms with Gasteiger partial charge < -0.3 is 26.2 Å². The lowest BCUT2D eigenvalue weighted by atomic mass is 10.1. The van der Waals surface area contributed by atoms with Crippen molar-refractivity contribution in [3.05, 3.63) is 53.2 Å². The molecule has 17 heteroatoms. The molecule has 12 nitrogen and oxygen atoms in total. The minimum Gasteiger partial charge on any atom is -0.475 e. The summed E-state index contributed by atoms with van der Waals surface area (Å²) in [5, 5.41) is 24.6. The van der Waals surface area contributed by atoms with Crippen molar-refractivity contribution in [1.29, 1.82) is 0 Å². The zero-order chi connectivity index (χ0) is 28.6. The fourth-order valence-corrected chi connectivity index (χ4v) is 4.35. The van der Waals surface area contributed by atoms with Crippen LogP contribution in [0.4, 0.5) is 29.2 Å². The van der Waals surface area contributed by atoms with Crippen molar-refractivity contribution in [2.45, 2.75) is 31.4 Å². The fraction of sp³-hybridized carbons (Fsp3) is 0.318. The number of nitrogen functional groups attached to an aromatic ring is 1. The topological polar surface area (TPSA) is 163 Å². The first kappa shape index (κ1) is 27.8. The van der Waals surface area contributed by atoms with Gasteiger partial charge in [-0.2, -0.15) is 13.2 Å². The number of aromatic nitrogens is 5. The van der Waals surface area contributed by atoms with Crippen LogP contribution in [0, 0.1) is 0 Å². The molecule has 0 radical (unpaired) electrons. The summed E-state index contributed by atoms with van der Waals surface area (Å²) in [5.41, 5.74) is 7.74. The monoisotopic (exact) mass is 572 g/mol. The lowest BCUT2D eigenvalue weighted by molar-refractivity contribution is -0.192. The SMILES string of the molecule is CC(NC(=O)c1c(N)nn2cccnc12)c1cc(Cl)c2cncn2c1N1C[C@H](O)[C@@H](F)C1.O=C(O)C(F)(F)F. The number of carboxylic acid groups (broad SMARTS) is 1. The predicted octanol–water partition coefficient (Wildman–Crippen LogP) is 2.26. The molecule has 0 spiro atoms. The first-order valence-electron chi connectivity index (χ1n) is 11.2. The molecule has 208 valence electrons. The molecule has 4 aromatic heterocycles. The minimum atomic E-state index is -5.08. The number of amides is 1. The maximum Gasteiger partial charge on any atom is 0.490 e. The van der Waals surface area contributed by atoms with Crippen LogP contribution >= 0.6 is 11.6 Å². The summed E-state index contributed by atoms with van der Waals surface area (Å²) >= 11 is 6.46. The Morgan fingerprint density at radius 1 is 1.31 bits per heavy atom. The van der Waals surface area contributed by atoms with Gasteiger partial charge in [0.1, 0.15) is 30.0 Å². The Kier molecular flexibility index (Phi) is 7.52. The third-order valence-electron chi connectivity index (χ3n) is 5.88. The summed E-state index contributed by atoms with van der Waals surface area (Å²) < 4.78 is 49.0. The molecule has 0 bridgehead atoms. The Bertz CT molecular complexity index is 1530. The molecular weight excluding hydrogens is 552 g/mol. The standard InChI is InChI=1S/C20H20ClFN8O2.C2HF3O2/c1-10(26-19(32)16-17(23)27-30-4-2-3-25-18(16)30)11-5-12(21)14-6-24-9-29(14)20(11)28-7-13(22)15(31)8-28;3-2(4,5)1(6)7/h2-6,9-10,13,15,31H,7-8H2,1H3,(H2,23,27)(H,26,32);(H,6,7)/t10?,13-,15-;/m0./s1. The Labute approximate surface area is 221 Å². The zero-order valence-corrected chi connectivity index (χ0v) is 20.7. The van der Waals surface area contributed by atoms with Gasteiger partial charge in [0, 0.05) is 24.5 Å². The molecule has 5 N–H and O–H groups in total. The summed E-state index contributed by atoms with van der Waals surface area (Å²) in [6.45, 7) is 1.90. The number of halogens is 5. The zero-order valence-electron chi connectivity index (χ0n) is 20.0. The number of nitrogens with two attached hydrogens (primary N) is 1. The highest BCUT2D eigenvalue weighted by Crippen LogP contribution is 2.35. The highest BCUT2D eigenvalue weighted by atomic mass is 35.5. The van der Waals surface area contributed by atoms with Crippen molar-refractivity contribution in [2.24, 2.45) is 0 Å². The van der Waals surface area contributed by atoms with E-state index in [1.54, 1.807) is 53.3 Å². The van der Waals surface area contributed by atoms with Gasteiger partial charge >= 0.3 is 12.1 Å². The van der Waals surface area contributed by atoms with Crippen LogP contribution < -0.4 is 16.0 Å². The van der Waals surface area contributed by atoms with E-state index in [4.69, 9.17) is 27.2 Å². The molecule has 5 heterocycles. The molecule has 0 saturated carbocycles. The van der Waals surface area contributed by atoms with Gasteiger partial charge in [0.15, 0.2) is 11.5 Å². The third-order valence-corrected chi connectivity index (χ3v) is 6.18. The molecule has 0 aromatic carbocycles. The number of alkyl halides is 4. The number of anilines is 2. The molecule has 1 amide bonds. The van der Waals surface area contributed by atoms with Crippen molar-refractivity contribution >= 4 is 46.3 Å². The molecule has 1 saturated heterocycles. The number of carbonyl (C=O) groups is 2. The minimum absolute atomic E-state index is 0.00859. The van der Waals surface area contributed by atoms with Gasteiger partial charge in [-0.05, 0) is 19.1 Å². The first-order chi connectivity index (χ1) is 18.3. The second-order valence-corrected chi connectivity index (χ2v) is 8.96. The van der Waals surface area contributed by atoms with E-state index in [1.807, 2.05) is 0 Å². The van der Waals surface area contributed by atoms with E-state index in [0.29, 0.717) is 27.6 Å². The molecule has 1 aliphatic heterocycles. The Balaban J connectivity index is 0.000000448. The van der Waals surface area contributed by atoms with Crippen molar-refractivity contribution in [1.82, 2.24) is 29.3 Å². The van der Waals surface area contributed by atoms with Gasteiger partial charge in [-0.3, -0.25) is 9.20 Å². The number of aliphatic hydroxyl groups is 1. The third kappa shape index (κ3) is 5.51. The number of carboxylic acids is 1. The number of nitrogens with one attached hydrogen (secondary N) is 1. The molecular formula is C22H21ClF4N8O4. The number of aliphatic carboxylic acids is 1. The second-order valence-electron chi connectivity index (χ2n) is 8.55. The van der Waals surface area contributed by atoms with E-state index < -0.39 is 36.4 Å². The first-order valence-corrected chi connectivity index (χ1v) is 11.6. The molecule has 1 aliphatic rings. The molecule has 1 fully saturated rings. The Morgan fingerprint density at radius 3 is 2.62 bits per heavy atom. The lowest BCUT2D eigenvalue weighted by Gasteiger charge is -2.26. The summed E-state index contributed by atoms with van der Waals surface area (Å²) in [5.74, 6) is -2.56. The number of nitrogens with zero attached hydrogens (tertiary/aromatic N) is 6. The van der Waals surface area contributed by atoms with Crippen molar-refractivity contribution < 1.29 is 37.4 Å². The van der Waals surface area contributed by atoms with E-state index in [1.165, 1.54) is 4.52 Å². The predicted molar refractivity (Wildman–Crippen MR) is 130 cm³/mol. The Morgan fingerprint density at radius 2 is 2.00 bits per heavy atom. The summed E-state index contributed by atoms with van der Waals surface area (Å²) in [7, 11) is 0. The number of imidazole rings is 1. The van der Waals surface area contributed by atoms with E-state index in [2.05, 4.69) is 20.4 Å². The number of fused-ring (bicyclic) bond motifs is 2. The Hall–Kier alpha value is -4.18. The van der Waals surface area contributed by atoms with E-state index >= 15 is 0 Å². The maximum atomic E-state index is 14.1. The molecule has 0 aliphatic carbocycles. The summed E-state index contributed by atoms with van der Waals surface area (Å²) in [4.78, 5) is 32.1. The number of hydrogen-bond donors (Lipinski definition) is 4. The van der Waals surface area contributed by atoms with Gasteiger partial charge in [-0.25, -0.2) is 23.7 Å². The number of hydrogen-bond acceptors (Lipinski definition) is 8. The van der Waals surface area contributed by atoms with Gasteiger partial charge in [-0.15, -0.1) is 5.10 Å². The van der Waals surface area contributed by atoms with Crippen LogP contribution in [0.2, 0.25) is 5.02 Å². The number of aliphatic hydroxyl groups excluding tert-OH is 1. The largest absolute Gasteiger partial charge is 0.490 e. The van der Waals surface area contributed by atoms with Crippen molar-refractivity contribution in [3.63, 3.8) is 0 Å². The molecule has 39 heavy (non-hydrogen) atoms. The van der Waals surface area contributed by atoms with Crippen LogP contribution in [-0.2, 0) is 4.79 Å². The molecule has 3 atom stereocenters. The maximum absolute atomic E-state index is 14.1. The average molecular weight is 573 g/mol. The highest BCUT2D eigenvalue weighted by Gasteiger charge is 2.38. The van der Waals surface area contributed by atoms with Crippen LogP contribution in [0.1, 0.15) is 28.9 Å². The average Bonchev–Trinajstić information content (AvgIpc) is 3.55. The van der Waals surface area contributed by atoms with Gasteiger partial charge in [0.2, 0.25) is 0 Å². The summed E-state index contributed by atoms with van der Waals surface area (Å²) in [6.07, 6.45) is -1.20. The molecule has 1 unspecified atom stereocenters. The van der Waals surface area contributed by atoms with Crippen LogP contribution in [-0.4, -0.2) is 77.6 Å². The van der Waals surface area contributed by atoms with Gasteiger partial charge in [0.25, 0.3) is 5.91 Å². The smallest absolute Gasteiger partial charge is 0.475 e. The van der Waals surface area contributed by atoms with Gasteiger partial charge in [-0.1, -0.05) is 11.6 Å². The van der Waals surface area contributed by atoms with E-state index in [-0.39, 0.29) is 24.5 Å². The summed E-state index contributed by atoms with van der Waals surface area (Å²) in [6, 6.07) is 2.85. The van der Waals surface area contributed by atoms with Crippen molar-refractivity contribution in [3.8, 4) is 0 Å². The number of carbonyl (C=O) groups excluding carboxylic acids is 1. The van der Waals surface area contributed by atoms with Crippen LogP contribution in [0.25, 0.3) is 11.2 Å². The van der Waals surface area contributed by atoms with E-state index in [0.717, 1.165) is 0 Å². The molecule has 5 rings (SSSR count). The number of pyridine rings is 1. The van der Waals surface area contributed by atoms with Crippen LogP contribution in [0.5, 0.6) is 0 Å². The second kappa shape index (κ2) is 10.5. The van der Waals surface area contributed by atoms with E-state index in [9.17, 15) is 27.5 Å². The van der Waals surface area contributed by atoms with Crippen LogP contribution in [0.15, 0.2) is 37.1 Å². The highest BCUT2D eigenvalue weighted by molar-refractivity contribution is 6.34. The normalized spacial score (nSPS) is 18.2. The quantitative estimate of drug-likeness (QED) is 0.269.